The molecule has 0 aliphatic heterocycles. The van der Waals surface area contributed by atoms with Gasteiger partial charge in [-0.1, -0.05) is 6.07 Å². The number of nitrogens with zero attached hydrogens (tertiary/aromatic N) is 1. The molecule has 0 aliphatic carbocycles. The van der Waals surface area contributed by atoms with Crippen molar-refractivity contribution < 1.29 is 8.42 Å². The highest BCUT2D eigenvalue weighted by atomic mass is 32.2. The maximum Gasteiger partial charge on any atom is 0.196 e. The van der Waals surface area contributed by atoms with Gasteiger partial charge < -0.3 is 11.5 Å². The quantitative estimate of drug-likeness (QED) is 0.852. The van der Waals surface area contributed by atoms with Gasteiger partial charge in [0, 0.05) is 6.54 Å². The molecule has 7 heteroatoms. The summed E-state index contributed by atoms with van der Waals surface area (Å²) in [7, 11) is -3.58. The van der Waals surface area contributed by atoms with Crippen LogP contribution in [-0.4, -0.2) is 25.3 Å². The zero-order chi connectivity index (χ0) is 12.6. The van der Waals surface area contributed by atoms with Gasteiger partial charge in [-0.15, -0.1) is 11.3 Å². The number of hydrogen-bond donors (Lipinski definition) is 2. The number of nitrogens with two attached hydrogens (primary N) is 2. The number of aromatic nitrogens is 1. The van der Waals surface area contributed by atoms with Gasteiger partial charge in [0.15, 0.2) is 9.84 Å². The van der Waals surface area contributed by atoms with Gasteiger partial charge in [0.05, 0.1) is 20.6 Å². The molecule has 0 spiro atoms. The largest absolute Gasteiger partial charge is 0.328 e. The molecule has 5 nitrogen and oxygen atoms in total. The van der Waals surface area contributed by atoms with E-state index in [1.54, 1.807) is 17.6 Å². The highest BCUT2D eigenvalue weighted by molar-refractivity contribution is 7.92. The van der Waals surface area contributed by atoms with Crippen LogP contribution < -0.4 is 11.5 Å². The molecular formula is C10H13N3O2S2. The van der Waals surface area contributed by atoms with Gasteiger partial charge in [-0.05, 0) is 18.6 Å². The molecular weight excluding hydrogens is 258 g/mol. The van der Waals surface area contributed by atoms with Crippen molar-refractivity contribution in [2.45, 2.75) is 17.2 Å². The Morgan fingerprint density at radius 3 is 2.82 bits per heavy atom. The zero-order valence-corrected chi connectivity index (χ0v) is 10.9. The molecule has 4 N–H and O–H groups in total. The first-order valence-electron chi connectivity index (χ1n) is 5.01. The van der Waals surface area contributed by atoms with E-state index in [1.807, 2.05) is 6.92 Å². The summed E-state index contributed by atoms with van der Waals surface area (Å²) in [5.74, 6) is 0. The smallest absolute Gasteiger partial charge is 0.196 e. The van der Waals surface area contributed by atoms with E-state index in [0.29, 0.717) is 10.2 Å². The summed E-state index contributed by atoms with van der Waals surface area (Å²) in [6.07, 6.45) is 0. The van der Waals surface area contributed by atoms with Gasteiger partial charge in [-0.25, -0.2) is 13.4 Å². The number of hydrogen-bond acceptors (Lipinski definition) is 6. The summed E-state index contributed by atoms with van der Waals surface area (Å²) in [5, 5.41) is -1.07. The summed E-state index contributed by atoms with van der Waals surface area (Å²) >= 11 is 1.30. The predicted octanol–water partition coefficient (Wildman–Crippen LogP) is 0.622. The van der Waals surface area contributed by atoms with Crippen molar-refractivity contribution in [3.63, 3.8) is 0 Å². The van der Waals surface area contributed by atoms with Gasteiger partial charge in [-0.3, -0.25) is 0 Å². The average Bonchev–Trinajstić information content (AvgIpc) is 2.77. The Balaban J connectivity index is 2.73. The lowest BCUT2D eigenvalue weighted by Crippen LogP contribution is -2.37. The van der Waals surface area contributed by atoms with E-state index in [-0.39, 0.29) is 11.4 Å². The Kier molecular flexibility index (Phi) is 3.17. The van der Waals surface area contributed by atoms with Crippen molar-refractivity contribution in [1.82, 2.24) is 4.98 Å². The molecule has 0 bridgehead atoms. The van der Waals surface area contributed by atoms with E-state index in [2.05, 4.69) is 4.98 Å². The molecule has 0 aliphatic rings. The molecule has 1 atom stereocenters. The first kappa shape index (κ1) is 12.4. The van der Waals surface area contributed by atoms with Crippen molar-refractivity contribution in [2.75, 3.05) is 6.54 Å². The second kappa shape index (κ2) is 4.34. The van der Waals surface area contributed by atoms with Crippen LogP contribution in [0.2, 0.25) is 0 Å². The van der Waals surface area contributed by atoms with Gasteiger partial charge in [0.2, 0.25) is 0 Å². The number of thiazole rings is 1. The molecule has 0 saturated carbocycles. The van der Waals surface area contributed by atoms with Crippen LogP contribution in [0.5, 0.6) is 0 Å². The van der Waals surface area contributed by atoms with Crippen LogP contribution in [0.3, 0.4) is 0 Å². The highest BCUT2D eigenvalue weighted by Gasteiger charge is 2.25. The molecule has 1 unspecified atom stereocenters. The van der Waals surface area contributed by atoms with Crippen LogP contribution in [0.15, 0.2) is 22.5 Å². The number of sulfone groups is 1. The minimum absolute atomic E-state index is 0.101. The third-order valence-corrected chi connectivity index (χ3v) is 5.52. The summed E-state index contributed by atoms with van der Waals surface area (Å²) in [6, 6.07) is 3.30. The topological polar surface area (TPSA) is 99.1 Å². The third-order valence-electron chi connectivity index (χ3n) is 2.59. The molecule has 1 heterocycles. The number of rotatable bonds is 3. The number of fused-ring (bicyclic) bond motifs is 1. The summed E-state index contributed by atoms with van der Waals surface area (Å²) in [5.41, 5.74) is 14.2. The van der Waals surface area contributed by atoms with Gasteiger partial charge >= 0.3 is 0 Å². The molecule has 0 saturated heterocycles. The maximum absolute atomic E-state index is 12.2. The number of benzene rings is 1. The van der Waals surface area contributed by atoms with Gasteiger partial charge in [0.1, 0.15) is 5.37 Å². The molecule has 0 amide bonds. The fourth-order valence-electron chi connectivity index (χ4n) is 1.57. The molecule has 0 radical (unpaired) electrons. The summed E-state index contributed by atoms with van der Waals surface area (Å²) in [4.78, 5) is 4.38. The highest BCUT2D eigenvalue weighted by Crippen LogP contribution is 2.29. The molecule has 92 valence electrons. The van der Waals surface area contributed by atoms with Crippen LogP contribution in [0, 0.1) is 6.92 Å². The van der Waals surface area contributed by atoms with Gasteiger partial charge in [-0.2, -0.15) is 0 Å². The van der Waals surface area contributed by atoms with Crippen molar-refractivity contribution in [2.24, 2.45) is 11.5 Å². The molecule has 2 aromatic rings. The van der Waals surface area contributed by atoms with E-state index in [1.165, 1.54) is 11.3 Å². The lowest BCUT2D eigenvalue weighted by molar-refractivity contribution is 0.582. The minimum atomic E-state index is -3.58. The Hall–Kier alpha value is -1.02. The standard InChI is InChI=1S/C10H13N3O2S2/c1-6-2-3-7(10-9(6)13-5-16-10)17(14,15)8(12)4-11/h2-3,5,8H,4,11-12H2,1H3. The van der Waals surface area contributed by atoms with E-state index in [4.69, 9.17) is 11.5 Å². The van der Waals surface area contributed by atoms with Gasteiger partial charge in [0.25, 0.3) is 0 Å². The summed E-state index contributed by atoms with van der Waals surface area (Å²) < 4.78 is 25.0. The molecule has 1 aromatic heterocycles. The Morgan fingerprint density at radius 1 is 1.47 bits per heavy atom. The Bertz CT molecular complexity index is 649. The lowest BCUT2D eigenvalue weighted by Gasteiger charge is -2.11. The number of aryl methyl sites for hydroxylation is 1. The minimum Gasteiger partial charge on any atom is -0.328 e. The fourth-order valence-corrected chi connectivity index (χ4v) is 4.03. The Labute approximate surface area is 103 Å². The predicted molar refractivity (Wildman–Crippen MR) is 68.6 cm³/mol. The first-order chi connectivity index (χ1) is 7.98. The third kappa shape index (κ3) is 1.95. The fraction of sp³-hybridized carbons (Fsp3) is 0.300. The maximum atomic E-state index is 12.2. The summed E-state index contributed by atoms with van der Waals surface area (Å²) in [6.45, 7) is 1.79. The van der Waals surface area contributed by atoms with E-state index < -0.39 is 15.2 Å². The van der Waals surface area contributed by atoms with E-state index in [0.717, 1.165) is 5.56 Å². The normalized spacial score (nSPS) is 14.1. The lowest BCUT2D eigenvalue weighted by atomic mass is 10.2. The van der Waals surface area contributed by atoms with E-state index >= 15 is 0 Å². The molecule has 1 aromatic carbocycles. The SMILES string of the molecule is Cc1ccc(S(=O)(=O)C(N)CN)c2scnc12. The van der Waals surface area contributed by atoms with Crippen molar-refractivity contribution in [1.29, 1.82) is 0 Å². The van der Waals surface area contributed by atoms with Crippen LogP contribution in [0.4, 0.5) is 0 Å². The monoisotopic (exact) mass is 271 g/mol. The molecule has 17 heavy (non-hydrogen) atoms. The molecule has 2 rings (SSSR count). The second-order valence-electron chi connectivity index (χ2n) is 3.73. The zero-order valence-electron chi connectivity index (χ0n) is 9.25. The molecule has 0 fully saturated rings. The van der Waals surface area contributed by atoms with Crippen LogP contribution in [-0.2, 0) is 9.84 Å². The van der Waals surface area contributed by atoms with Crippen molar-refractivity contribution in [3.8, 4) is 0 Å². The van der Waals surface area contributed by atoms with Crippen LogP contribution >= 0.6 is 11.3 Å². The van der Waals surface area contributed by atoms with E-state index in [9.17, 15) is 8.42 Å². The average molecular weight is 271 g/mol. The Morgan fingerprint density at radius 2 is 2.18 bits per heavy atom. The second-order valence-corrected chi connectivity index (χ2v) is 6.72. The van der Waals surface area contributed by atoms with Crippen LogP contribution in [0.25, 0.3) is 10.2 Å². The first-order valence-corrected chi connectivity index (χ1v) is 7.43. The van der Waals surface area contributed by atoms with Crippen molar-refractivity contribution in [3.05, 3.63) is 23.2 Å². The van der Waals surface area contributed by atoms with Crippen LogP contribution in [0.1, 0.15) is 5.56 Å². The van der Waals surface area contributed by atoms with Crippen molar-refractivity contribution >= 4 is 31.4 Å².